The van der Waals surface area contributed by atoms with E-state index < -0.39 is 12.4 Å². The van der Waals surface area contributed by atoms with Crippen molar-refractivity contribution in [3.8, 4) is 0 Å². The van der Waals surface area contributed by atoms with Crippen molar-refractivity contribution in [2.45, 2.75) is 15.9 Å². The van der Waals surface area contributed by atoms with Crippen molar-refractivity contribution in [1.82, 2.24) is 5.32 Å². The van der Waals surface area contributed by atoms with E-state index in [1.54, 1.807) is 11.8 Å². The van der Waals surface area contributed by atoms with Gasteiger partial charge in [-0.2, -0.15) is 0 Å². The molecule has 3 aromatic rings. The smallest absolute Gasteiger partial charge is 0.173 e. The molecule has 148 valence electrons. The minimum Gasteiger partial charge on any atom is -0.282 e. The predicted molar refractivity (Wildman–Crippen MR) is 123 cm³/mol. The van der Waals surface area contributed by atoms with Gasteiger partial charge in [-0.05, 0) is 36.4 Å². The summed E-state index contributed by atoms with van der Waals surface area (Å²) in [4.78, 5) is 1.24. The summed E-state index contributed by atoms with van der Waals surface area (Å²) < 4.78 is -1.01. The first-order valence-corrected chi connectivity index (χ1v) is 12.2. The second-order valence-corrected chi connectivity index (χ2v) is 10.7. The van der Waals surface area contributed by atoms with Crippen LogP contribution in [0.3, 0.4) is 0 Å². The standard InChI is InChI=1S/C22H22Cl2NPS.Ru/c1-27-21-15-9-8-10-18(21)16-25-22(23,24)17-26(19-11-4-2-5-12-19)20-13-6-3-7-14-20;/h2-15,25H,16-17H2,1H3;. The number of hydrogen-bond donors (Lipinski definition) is 1. The first kappa shape index (κ1) is 23.9. The van der Waals surface area contributed by atoms with E-state index in [0.717, 1.165) is 0 Å². The monoisotopic (exact) mass is 535 g/mol. The molecular formula is C22H22Cl2NPRuS. The zero-order valence-electron chi connectivity index (χ0n) is 15.5. The summed E-state index contributed by atoms with van der Waals surface area (Å²) in [6, 6.07) is 29.3. The second-order valence-electron chi connectivity index (χ2n) is 6.13. The molecule has 0 fully saturated rings. The molecule has 3 rings (SSSR count). The van der Waals surface area contributed by atoms with Gasteiger partial charge < -0.3 is 0 Å². The predicted octanol–water partition coefficient (Wildman–Crippen LogP) is 5.76. The fourth-order valence-corrected chi connectivity index (χ4v) is 6.58. The largest absolute Gasteiger partial charge is 0.282 e. The van der Waals surface area contributed by atoms with Gasteiger partial charge in [-0.3, -0.25) is 5.32 Å². The van der Waals surface area contributed by atoms with Gasteiger partial charge >= 0.3 is 0 Å². The van der Waals surface area contributed by atoms with E-state index in [4.69, 9.17) is 23.2 Å². The second kappa shape index (κ2) is 11.7. The molecule has 0 aliphatic heterocycles. The summed E-state index contributed by atoms with van der Waals surface area (Å²) in [6.07, 6.45) is 2.72. The summed E-state index contributed by atoms with van der Waals surface area (Å²) >= 11 is 15.2. The molecule has 0 atom stereocenters. The van der Waals surface area contributed by atoms with Crippen molar-refractivity contribution in [3.63, 3.8) is 0 Å². The number of rotatable bonds is 8. The Bertz CT molecular complexity index is 810. The van der Waals surface area contributed by atoms with Crippen LogP contribution in [0.1, 0.15) is 5.56 Å². The van der Waals surface area contributed by atoms with Crippen molar-refractivity contribution in [1.29, 1.82) is 0 Å². The molecule has 0 unspecified atom stereocenters. The van der Waals surface area contributed by atoms with Crippen LogP contribution in [-0.4, -0.2) is 16.9 Å². The van der Waals surface area contributed by atoms with Crippen LogP contribution in [0.2, 0.25) is 0 Å². The maximum absolute atomic E-state index is 6.74. The van der Waals surface area contributed by atoms with E-state index in [9.17, 15) is 0 Å². The fraction of sp³-hybridized carbons (Fsp3) is 0.182. The quantitative estimate of drug-likeness (QED) is 0.130. The summed E-state index contributed by atoms with van der Waals surface area (Å²) in [5, 5.41) is 5.90. The van der Waals surface area contributed by atoms with Crippen LogP contribution in [0, 0.1) is 0 Å². The van der Waals surface area contributed by atoms with E-state index in [-0.39, 0.29) is 19.5 Å². The van der Waals surface area contributed by atoms with Gasteiger partial charge in [0.1, 0.15) is 0 Å². The van der Waals surface area contributed by atoms with E-state index >= 15 is 0 Å². The van der Waals surface area contributed by atoms with Crippen LogP contribution in [0.25, 0.3) is 0 Å². The summed E-state index contributed by atoms with van der Waals surface area (Å²) in [6.45, 7) is 0.636. The van der Waals surface area contributed by atoms with Crippen LogP contribution in [0.15, 0.2) is 89.8 Å². The Hall–Kier alpha value is -0.397. The SMILES string of the molecule is CSc1ccccc1CNC(Cl)(Cl)CP(c1ccccc1)c1ccccc1.[Ru]. The van der Waals surface area contributed by atoms with Crippen molar-refractivity contribution in [3.05, 3.63) is 90.5 Å². The van der Waals surface area contributed by atoms with E-state index in [0.29, 0.717) is 12.7 Å². The molecule has 1 nitrogen and oxygen atoms in total. The molecule has 0 aliphatic carbocycles. The molecule has 0 bridgehead atoms. The van der Waals surface area contributed by atoms with E-state index in [2.05, 4.69) is 72.2 Å². The maximum atomic E-state index is 6.74. The topological polar surface area (TPSA) is 12.0 Å². The first-order chi connectivity index (χ1) is 13.1. The number of alkyl halides is 2. The molecule has 0 saturated heterocycles. The summed E-state index contributed by atoms with van der Waals surface area (Å²) in [7, 11) is -0.662. The number of benzene rings is 3. The minimum atomic E-state index is -1.01. The van der Waals surface area contributed by atoms with Gasteiger partial charge in [-0.15, -0.1) is 11.8 Å². The van der Waals surface area contributed by atoms with Gasteiger partial charge in [0, 0.05) is 37.1 Å². The van der Waals surface area contributed by atoms with Gasteiger partial charge in [0.05, 0.1) is 0 Å². The normalized spacial score (nSPS) is 11.3. The Balaban J connectivity index is 0.00000280. The molecule has 0 aliphatic rings. The summed E-state index contributed by atoms with van der Waals surface area (Å²) in [5.74, 6) is 0. The van der Waals surface area contributed by atoms with Crippen LogP contribution < -0.4 is 15.9 Å². The Morgan fingerprint density at radius 1 is 0.821 bits per heavy atom. The van der Waals surface area contributed by atoms with Crippen molar-refractivity contribution in [2.24, 2.45) is 0 Å². The average molecular weight is 535 g/mol. The molecule has 0 aromatic heterocycles. The average Bonchev–Trinajstić information content (AvgIpc) is 2.72. The number of hydrogen-bond acceptors (Lipinski definition) is 2. The molecule has 28 heavy (non-hydrogen) atoms. The Labute approximate surface area is 196 Å². The molecular weight excluding hydrogens is 513 g/mol. The molecule has 3 aromatic carbocycles. The third kappa shape index (κ3) is 6.84. The Kier molecular flexibility index (Phi) is 9.98. The molecule has 0 amide bonds. The Morgan fingerprint density at radius 2 is 1.32 bits per heavy atom. The molecule has 0 heterocycles. The van der Waals surface area contributed by atoms with Gasteiger partial charge in [-0.1, -0.05) is 102 Å². The zero-order chi connectivity index (χ0) is 19.1. The van der Waals surface area contributed by atoms with Crippen LogP contribution in [0.4, 0.5) is 0 Å². The molecule has 0 radical (unpaired) electrons. The van der Waals surface area contributed by atoms with E-state index in [1.165, 1.54) is 21.1 Å². The van der Waals surface area contributed by atoms with Crippen LogP contribution in [0.5, 0.6) is 0 Å². The Morgan fingerprint density at radius 3 is 1.86 bits per heavy atom. The minimum absolute atomic E-state index is 0. The van der Waals surface area contributed by atoms with Gasteiger partial charge in [0.15, 0.2) is 4.46 Å². The molecule has 0 saturated carbocycles. The van der Waals surface area contributed by atoms with Crippen LogP contribution >= 0.6 is 42.9 Å². The fourth-order valence-electron chi connectivity index (χ4n) is 2.88. The maximum Gasteiger partial charge on any atom is 0.173 e. The molecule has 6 heteroatoms. The zero-order valence-corrected chi connectivity index (χ0v) is 20.4. The van der Waals surface area contributed by atoms with E-state index in [1.807, 2.05) is 24.3 Å². The first-order valence-electron chi connectivity index (χ1n) is 8.71. The van der Waals surface area contributed by atoms with Crippen molar-refractivity contribution >= 4 is 53.5 Å². The van der Waals surface area contributed by atoms with Gasteiger partial charge in [0.2, 0.25) is 0 Å². The third-order valence-corrected chi connectivity index (χ3v) is 8.60. The van der Waals surface area contributed by atoms with Crippen LogP contribution in [-0.2, 0) is 26.0 Å². The number of thioether (sulfide) groups is 1. The van der Waals surface area contributed by atoms with Gasteiger partial charge in [-0.25, -0.2) is 0 Å². The summed E-state index contributed by atoms with van der Waals surface area (Å²) in [5.41, 5.74) is 1.21. The number of halogens is 2. The molecule has 0 spiro atoms. The third-order valence-electron chi connectivity index (χ3n) is 4.22. The van der Waals surface area contributed by atoms with Crippen molar-refractivity contribution < 1.29 is 19.5 Å². The molecule has 1 N–H and O–H groups in total. The van der Waals surface area contributed by atoms with Crippen molar-refractivity contribution in [2.75, 3.05) is 12.4 Å². The van der Waals surface area contributed by atoms with Gasteiger partial charge in [0.25, 0.3) is 0 Å². The number of nitrogens with one attached hydrogen (secondary N) is 1.